The van der Waals surface area contributed by atoms with Gasteiger partial charge in [-0.3, -0.25) is 4.99 Å². The minimum atomic E-state index is 0.155. The van der Waals surface area contributed by atoms with Crippen LogP contribution in [0, 0.1) is 0 Å². The molecule has 0 amide bonds. The molecule has 2 aliphatic rings. The molecule has 2 nitrogen and oxygen atoms in total. The highest BCUT2D eigenvalue weighted by atomic mass is 35.5. The van der Waals surface area contributed by atoms with Gasteiger partial charge in [0, 0.05) is 16.3 Å². The van der Waals surface area contributed by atoms with Gasteiger partial charge in [0.15, 0.2) is 5.17 Å². The summed E-state index contributed by atoms with van der Waals surface area (Å²) in [6.45, 7) is 2.13. The number of nitrogens with zero attached hydrogens (tertiary/aromatic N) is 1. The fourth-order valence-corrected chi connectivity index (χ4v) is 4.58. The number of hydrogen-bond acceptors (Lipinski definition) is 2. The van der Waals surface area contributed by atoms with Gasteiger partial charge >= 0.3 is 0 Å². The van der Waals surface area contributed by atoms with E-state index in [0.29, 0.717) is 5.54 Å². The van der Waals surface area contributed by atoms with Gasteiger partial charge < -0.3 is 5.32 Å². The molecule has 0 aromatic heterocycles. The fourth-order valence-electron chi connectivity index (χ4n) is 3.09. The van der Waals surface area contributed by atoms with Gasteiger partial charge in [-0.25, -0.2) is 0 Å². The summed E-state index contributed by atoms with van der Waals surface area (Å²) in [7, 11) is 0. The van der Waals surface area contributed by atoms with Crippen molar-refractivity contribution in [2.24, 2.45) is 4.99 Å². The highest BCUT2D eigenvalue weighted by molar-refractivity contribution is 8.14. The highest BCUT2D eigenvalue weighted by Crippen LogP contribution is 2.36. The van der Waals surface area contributed by atoms with E-state index in [9.17, 15) is 0 Å². The van der Waals surface area contributed by atoms with Crippen molar-refractivity contribution in [2.75, 3.05) is 5.75 Å². The van der Waals surface area contributed by atoms with E-state index in [1.54, 1.807) is 0 Å². The van der Waals surface area contributed by atoms with E-state index in [2.05, 4.69) is 18.3 Å². The SMILES string of the molecule is CC(N=C1NC2(CCCCC2)CS1)c1cccc(Cl)c1. The van der Waals surface area contributed by atoms with E-state index in [-0.39, 0.29) is 6.04 Å². The normalized spacial score (nSPS) is 24.8. The molecule has 1 atom stereocenters. The van der Waals surface area contributed by atoms with Crippen molar-refractivity contribution in [1.29, 1.82) is 0 Å². The molecule has 1 aliphatic heterocycles. The topological polar surface area (TPSA) is 24.4 Å². The van der Waals surface area contributed by atoms with Crippen LogP contribution in [-0.4, -0.2) is 16.5 Å². The number of amidine groups is 1. The Morgan fingerprint density at radius 3 is 2.85 bits per heavy atom. The second kappa shape index (κ2) is 5.98. The maximum Gasteiger partial charge on any atom is 0.157 e. The van der Waals surface area contributed by atoms with Gasteiger partial charge in [0.2, 0.25) is 0 Å². The zero-order valence-electron chi connectivity index (χ0n) is 11.9. The molecule has 1 aromatic carbocycles. The number of rotatable bonds is 2. The summed E-state index contributed by atoms with van der Waals surface area (Å²) in [6, 6.07) is 8.15. The Morgan fingerprint density at radius 2 is 2.10 bits per heavy atom. The lowest BCUT2D eigenvalue weighted by molar-refractivity contribution is 0.303. The summed E-state index contributed by atoms with van der Waals surface area (Å²) in [4.78, 5) is 4.85. The van der Waals surface area contributed by atoms with Crippen molar-refractivity contribution < 1.29 is 0 Å². The van der Waals surface area contributed by atoms with Crippen molar-refractivity contribution in [3.8, 4) is 0 Å². The lowest BCUT2D eigenvalue weighted by atomic mass is 9.83. The largest absolute Gasteiger partial charge is 0.359 e. The van der Waals surface area contributed by atoms with Crippen molar-refractivity contribution in [3.63, 3.8) is 0 Å². The van der Waals surface area contributed by atoms with Crippen LogP contribution in [0.4, 0.5) is 0 Å². The third kappa shape index (κ3) is 3.15. The van der Waals surface area contributed by atoms with Crippen molar-refractivity contribution >= 4 is 28.5 Å². The summed E-state index contributed by atoms with van der Waals surface area (Å²) < 4.78 is 0. The Balaban J connectivity index is 1.70. The maximum absolute atomic E-state index is 6.05. The Labute approximate surface area is 130 Å². The van der Waals surface area contributed by atoms with E-state index in [1.807, 2.05) is 30.0 Å². The summed E-state index contributed by atoms with van der Waals surface area (Å²) in [5.74, 6) is 1.17. The molecule has 20 heavy (non-hydrogen) atoms. The van der Waals surface area contributed by atoms with Gasteiger partial charge in [-0.1, -0.05) is 54.8 Å². The number of aliphatic imine (C=N–C) groups is 1. The first kappa shape index (κ1) is 14.3. The third-order valence-corrected chi connectivity index (χ3v) is 5.72. The molecule has 1 aliphatic carbocycles. The van der Waals surface area contributed by atoms with Crippen LogP contribution in [0.25, 0.3) is 0 Å². The van der Waals surface area contributed by atoms with Crippen LogP contribution in [0.15, 0.2) is 29.3 Å². The van der Waals surface area contributed by atoms with Gasteiger partial charge in [0.1, 0.15) is 0 Å². The van der Waals surface area contributed by atoms with E-state index >= 15 is 0 Å². The summed E-state index contributed by atoms with van der Waals surface area (Å²) in [5, 5.41) is 5.59. The second-order valence-corrected chi connectivity index (χ2v) is 7.32. The molecule has 1 aromatic rings. The number of benzene rings is 1. The Kier molecular flexibility index (Phi) is 4.27. The van der Waals surface area contributed by atoms with E-state index < -0.39 is 0 Å². The Hall–Kier alpha value is -0.670. The standard InChI is InChI=1S/C16H21ClN2S/c1-12(13-6-5-7-14(17)10-13)18-15-19-16(11-20-15)8-3-2-4-9-16/h5-7,10,12H,2-4,8-9,11H2,1H3,(H,18,19). The van der Waals surface area contributed by atoms with E-state index in [1.165, 1.54) is 43.4 Å². The first-order valence-corrected chi connectivity index (χ1v) is 8.78. The van der Waals surface area contributed by atoms with Crippen LogP contribution >= 0.6 is 23.4 Å². The van der Waals surface area contributed by atoms with Crippen molar-refractivity contribution in [2.45, 2.75) is 50.6 Å². The summed E-state index contributed by atoms with van der Waals surface area (Å²) in [6.07, 6.45) is 6.68. The average Bonchev–Trinajstić information content (AvgIpc) is 2.82. The van der Waals surface area contributed by atoms with Gasteiger partial charge in [-0.2, -0.15) is 0 Å². The zero-order valence-corrected chi connectivity index (χ0v) is 13.4. The fraction of sp³-hybridized carbons (Fsp3) is 0.562. The molecule has 1 heterocycles. The number of hydrogen-bond donors (Lipinski definition) is 1. The number of nitrogens with one attached hydrogen (secondary N) is 1. The molecule has 1 spiro atoms. The Morgan fingerprint density at radius 1 is 1.30 bits per heavy atom. The number of halogens is 1. The zero-order chi connectivity index (χ0) is 14.0. The van der Waals surface area contributed by atoms with Crippen LogP contribution in [0.3, 0.4) is 0 Å². The van der Waals surface area contributed by atoms with Crippen LogP contribution in [0.5, 0.6) is 0 Å². The molecule has 108 valence electrons. The predicted octanol–water partition coefficient (Wildman–Crippen LogP) is 4.80. The monoisotopic (exact) mass is 308 g/mol. The molecule has 1 saturated carbocycles. The Bertz CT molecular complexity index is 509. The summed E-state index contributed by atoms with van der Waals surface area (Å²) in [5.41, 5.74) is 1.51. The molecule has 1 N–H and O–H groups in total. The van der Waals surface area contributed by atoms with Crippen LogP contribution in [-0.2, 0) is 0 Å². The maximum atomic E-state index is 6.05. The first-order chi connectivity index (χ1) is 9.67. The lowest BCUT2D eigenvalue weighted by Crippen LogP contribution is -2.45. The van der Waals surface area contributed by atoms with Crippen molar-refractivity contribution in [1.82, 2.24) is 5.32 Å². The van der Waals surface area contributed by atoms with E-state index in [4.69, 9.17) is 16.6 Å². The van der Waals surface area contributed by atoms with Gasteiger partial charge in [0.25, 0.3) is 0 Å². The molecular formula is C16H21ClN2S. The smallest absolute Gasteiger partial charge is 0.157 e. The lowest BCUT2D eigenvalue weighted by Gasteiger charge is -2.32. The molecule has 0 radical (unpaired) electrons. The summed E-state index contributed by atoms with van der Waals surface area (Å²) >= 11 is 7.93. The molecule has 3 rings (SSSR count). The van der Waals surface area contributed by atoms with Gasteiger partial charge in [-0.15, -0.1) is 0 Å². The molecule has 1 unspecified atom stereocenters. The minimum absolute atomic E-state index is 0.155. The van der Waals surface area contributed by atoms with E-state index in [0.717, 1.165) is 10.2 Å². The second-order valence-electron chi connectivity index (χ2n) is 5.92. The minimum Gasteiger partial charge on any atom is -0.359 e. The molecule has 1 saturated heterocycles. The van der Waals surface area contributed by atoms with Gasteiger partial charge in [-0.05, 0) is 37.5 Å². The molecule has 2 fully saturated rings. The van der Waals surface area contributed by atoms with Crippen LogP contribution in [0.2, 0.25) is 5.02 Å². The highest BCUT2D eigenvalue weighted by Gasteiger charge is 2.38. The third-order valence-electron chi connectivity index (χ3n) is 4.31. The average molecular weight is 309 g/mol. The van der Waals surface area contributed by atoms with Crippen LogP contribution in [0.1, 0.15) is 50.6 Å². The van der Waals surface area contributed by atoms with Gasteiger partial charge in [0.05, 0.1) is 6.04 Å². The molecule has 4 heteroatoms. The molecule has 0 bridgehead atoms. The van der Waals surface area contributed by atoms with Crippen LogP contribution < -0.4 is 5.32 Å². The quantitative estimate of drug-likeness (QED) is 0.849. The number of thioether (sulfide) groups is 1. The first-order valence-electron chi connectivity index (χ1n) is 7.41. The van der Waals surface area contributed by atoms with Crippen molar-refractivity contribution in [3.05, 3.63) is 34.9 Å². The molecular weight excluding hydrogens is 288 g/mol. The predicted molar refractivity (Wildman–Crippen MR) is 88.7 cm³/mol.